The lowest BCUT2D eigenvalue weighted by atomic mass is 9.98. The molecule has 3 N–H and O–H groups in total. The van der Waals surface area contributed by atoms with E-state index in [9.17, 15) is 9.18 Å². The molecule has 2 aromatic carbocycles. The average molecular weight is 479 g/mol. The summed E-state index contributed by atoms with van der Waals surface area (Å²) < 4.78 is 14.4. The van der Waals surface area contributed by atoms with Crippen LogP contribution in [-0.4, -0.2) is 25.8 Å². The van der Waals surface area contributed by atoms with Crippen LogP contribution in [0.1, 0.15) is 30.0 Å². The number of nitrogen functional groups attached to an aromatic ring is 1. The van der Waals surface area contributed by atoms with Gasteiger partial charge in [-0.15, -0.1) is 0 Å². The molecule has 0 unspecified atom stereocenters. The minimum atomic E-state index is -1.12. The van der Waals surface area contributed by atoms with Crippen molar-refractivity contribution in [3.63, 3.8) is 0 Å². The van der Waals surface area contributed by atoms with Crippen LogP contribution >= 0.6 is 0 Å². The van der Waals surface area contributed by atoms with Crippen LogP contribution in [0.25, 0.3) is 33.4 Å². The Morgan fingerprint density at radius 1 is 0.861 bits per heavy atom. The number of nitrogens with two attached hydrogens (primary N) is 1. The van der Waals surface area contributed by atoms with E-state index in [4.69, 9.17) is 10.7 Å². The smallest absolute Gasteiger partial charge is 0.274 e. The number of rotatable bonds is 5. The molecule has 0 aliphatic rings. The Bertz CT molecular complexity index is 1590. The van der Waals surface area contributed by atoms with Crippen molar-refractivity contribution in [2.75, 3.05) is 5.73 Å². The zero-order chi connectivity index (χ0) is 25.3. The molecule has 0 spiro atoms. The molecule has 0 saturated heterocycles. The first-order valence-electron chi connectivity index (χ1n) is 11.3. The second-order valence-electron chi connectivity index (χ2n) is 8.84. The normalized spacial score (nSPS) is 11.4. The van der Waals surface area contributed by atoms with E-state index in [-0.39, 0.29) is 17.2 Å². The van der Waals surface area contributed by atoms with Crippen molar-refractivity contribution >= 4 is 22.6 Å². The molecular weight excluding hydrogens is 455 g/mol. The summed E-state index contributed by atoms with van der Waals surface area (Å²) in [4.78, 5) is 31.1. The topological polar surface area (TPSA) is 107 Å². The number of carbonyl (C=O) groups excluding carboxylic acids is 1. The highest BCUT2D eigenvalue weighted by molar-refractivity contribution is 5.98. The van der Waals surface area contributed by atoms with E-state index < -0.39 is 17.3 Å². The molecule has 8 heteroatoms. The summed E-state index contributed by atoms with van der Waals surface area (Å²) in [6, 6.07) is 21.8. The number of nitrogens with one attached hydrogen (secondary N) is 1. The largest absolute Gasteiger partial charge is 0.382 e. The monoisotopic (exact) mass is 478 g/mol. The lowest BCUT2D eigenvalue weighted by Gasteiger charge is -2.26. The number of pyridine rings is 2. The fourth-order valence-corrected chi connectivity index (χ4v) is 4.08. The fourth-order valence-electron chi connectivity index (χ4n) is 4.08. The van der Waals surface area contributed by atoms with E-state index in [0.29, 0.717) is 11.4 Å². The van der Waals surface area contributed by atoms with E-state index >= 15 is 0 Å². The Labute approximate surface area is 207 Å². The van der Waals surface area contributed by atoms with Crippen LogP contribution in [0.5, 0.6) is 0 Å². The number of carbonyl (C=O) groups is 1. The molecule has 0 atom stereocenters. The average Bonchev–Trinajstić information content (AvgIpc) is 2.88. The molecule has 0 aliphatic carbocycles. The van der Waals surface area contributed by atoms with Gasteiger partial charge in [-0.1, -0.05) is 42.5 Å². The Kier molecular flexibility index (Phi) is 5.85. The Hall–Kier alpha value is -4.72. The number of fused-ring (bicyclic) bond motifs is 1. The quantitative estimate of drug-likeness (QED) is 0.362. The SMILES string of the molecule is CC(C)(NC(=O)c1nc(-c2ccc3ncccc3c2)c(-c2ccccc2)nc1N)c1ncccc1F. The molecule has 0 bridgehead atoms. The summed E-state index contributed by atoms with van der Waals surface area (Å²) in [5.74, 6) is -1.14. The minimum Gasteiger partial charge on any atom is -0.382 e. The number of hydrogen-bond acceptors (Lipinski definition) is 6. The van der Waals surface area contributed by atoms with Crippen molar-refractivity contribution in [3.8, 4) is 22.5 Å². The van der Waals surface area contributed by atoms with Crippen LogP contribution in [0.3, 0.4) is 0 Å². The lowest BCUT2D eigenvalue weighted by molar-refractivity contribution is 0.0904. The lowest BCUT2D eigenvalue weighted by Crippen LogP contribution is -2.43. The van der Waals surface area contributed by atoms with Crippen LogP contribution in [-0.2, 0) is 5.54 Å². The third-order valence-electron chi connectivity index (χ3n) is 5.84. The molecular formula is C28H23FN6O. The summed E-state index contributed by atoms with van der Waals surface area (Å²) in [6.45, 7) is 3.32. The summed E-state index contributed by atoms with van der Waals surface area (Å²) >= 11 is 0. The molecule has 5 aromatic rings. The summed E-state index contributed by atoms with van der Waals surface area (Å²) in [5, 5.41) is 3.73. The van der Waals surface area contributed by atoms with Crippen molar-refractivity contribution in [1.82, 2.24) is 25.3 Å². The Morgan fingerprint density at radius 2 is 1.58 bits per heavy atom. The fraction of sp³-hybridized carbons (Fsp3) is 0.107. The van der Waals surface area contributed by atoms with Crippen molar-refractivity contribution in [1.29, 1.82) is 0 Å². The first-order chi connectivity index (χ1) is 17.3. The maximum Gasteiger partial charge on any atom is 0.274 e. The van der Waals surface area contributed by atoms with E-state index in [0.717, 1.165) is 22.0 Å². The van der Waals surface area contributed by atoms with Crippen molar-refractivity contribution < 1.29 is 9.18 Å². The Balaban J connectivity index is 1.62. The molecule has 0 saturated carbocycles. The molecule has 0 radical (unpaired) electrons. The predicted octanol–water partition coefficient (Wildman–Crippen LogP) is 5.14. The van der Waals surface area contributed by atoms with Gasteiger partial charge in [0, 0.05) is 28.9 Å². The van der Waals surface area contributed by atoms with Crippen molar-refractivity contribution in [2.45, 2.75) is 19.4 Å². The van der Waals surface area contributed by atoms with Gasteiger partial charge in [-0.05, 0) is 44.2 Å². The standard InChI is InChI=1S/C28H23FN6O/c1-28(2,25-20(29)11-7-15-32-25)35-27(36)24-26(30)34-22(17-8-4-3-5-9-17)23(33-24)19-12-13-21-18(16-19)10-6-14-31-21/h3-16H,1-2H3,(H2,30,34)(H,35,36). The van der Waals surface area contributed by atoms with Crippen LogP contribution in [0.2, 0.25) is 0 Å². The highest BCUT2D eigenvalue weighted by Gasteiger charge is 2.30. The van der Waals surface area contributed by atoms with Gasteiger partial charge in [-0.25, -0.2) is 14.4 Å². The van der Waals surface area contributed by atoms with Crippen LogP contribution in [0.4, 0.5) is 10.2 Å². The molecule has 5 rings (SSSR count). The maximum absolute atomic E-state index is 14.4. The molecule has 0 fully saturated rings. The molecule has 3 aromatic heterocycles. The van der Waals surface area contributed by atoms with E-state index in [1.165, 1.54) is 18.3 Å². The number of hydrogen-bond donors (Lipinski definition) is 2. The van der Waals surface area contributed by atoms with Gasteiger partial charge in [-0.3, -0.25) is 14.8 Å². The van der Waals surface area contributed by atoms with Crippen molar-refractivity contribution in [3.05, 3.63) is 102 Å². The summed E-state index contributed by atoms with van der Waals surface area (Å²) in [6.07, 6.45) is 3.21. The van der Waals surface area contributed by atoms with Gasteiger partial charge < -0.3 is 11.1 Å². The minimum absolute atomic E-state index is 0.0325. The van der Waals surface area contributed by atoms with Gasteiger partial charge in [0.05, 0.1) is 22.4 Å². The summed E-state index contributed by atoms with van der Waals surface area (Å²) in [7, 11) is 0. The number of amides is 1. The molecule has 36 heavy (non-hydrogen) atoms. The molecule has 0 aliphatic heterocycles. The number of aromatic nitrogens is 4. The van der Waals surface area contributed by atoms with E-state index in [2.05, 4.69) is 20.3 Å². The second kappa shape index (κ2) is 9.14. The maximum atomic E-state index is 14.4. The van der Waals surface area contributed by atoms with Crippen LogP contribution in [0.15, 0.2) is 85.2 Å². The number of benzene rings is 2. The van der Waals surface area contributed by atoms with Gasteiger partial charge in [-0.2, -0.15) is 0 Å². The highest BCUT2D eigenvalue weighted by atomic mass is 19.1. The molecule has 1 amide bonds. The van der Waals surface area contributed by atoms with Gasteiger partial charge in [0.2, 0.25) is 0 Å². The van der Waals surface area contributed by atoms with E-state index in [1.807, 2.05) is 60.7 Å². The Morgan fingerprint density at radius 3 is 2.36 bits per heavy atom. The zero-order valence-corrected chi connectivity index (χ0v) is 19.7. The molecule has 178 valence electrons. The van der Waals surface area contributed by atoms with Crippen molar-refractivity contribution in [2.24, 2.45) is 0 Å². The zero-order valence-electron chi connectivity index (χ0n) is 19.7. The third-order valence-corrected chi connectivity index (χ3v) is 5.84. The number of halogens is 1. The van der Waals surface area contributed by atoms with E-state index in [1.54, 1.807) is 20.0 Å². The number of nitrogens with zero attached hydrogens (tertiary/aromatic N) is 4. The van der Waals surface area contributed by atoms with Gasteiger partial charge in [0.15, 0.2) is 11.5 Å². The van der Waals surface area contributed by atoms with Gasteiger partial charge >= 0.3 is 0 Å². The first kappa shape index (κ1) is 23.0. The van der Waals surface area contributed by atoms with Crippen LogP contribution in [0, 0.1) is 5.82 Å². The van der Waals surface area contributed by atoms with Crippen LogP contribution < -0.4 is 11.1 Å². The number of anilines is 1. The third kappa shape index (κ3) is 4.36. The van der Waals surface area contributed by atoms with Gasteiger partial charge in [0.1, 0.15) is 11.5 Å². The predicted molar refractivity (Wildman–Crippen MR) is 137 cm³/mol. The van der Waals surface area contributed by atoms with Gasteiger partial charge in [0.25, 0.3) is 5.91 Å². The molecule has 7 nitrogen and oxygen atoms in total. The first-order valence-corrected chi connectivity index (χ1v) is 11.3. The second-order valence-corrected chi connectivity index (χ2v) is 8.84. The summed E-state index contributed by atoms with van der Waals surface area (Å²) in [5.41, 5.74) is 8.61. The highest BCUT2D eigenvalue weighted by Crippen LogP contribution is 2.32. The molecule has 3 heterocycles.